The van der Waals surface area contributed by atoms with Gasteiger partial charge >= 0.3 is 21.2 Å². The highest BCUT2D eigenvalue weighted by Gasteiger charge is 2.58. The second-order valence-electron chi connectivity index (χ2n) is 6.85. The third-order valence-electron chi connectivity index (χ3n) is 4.19. The van der Waals surface area contributed by atoms with Crippen molar-refractivity contribution in [2.75, 3.05) is 26.7 Å². The fourth-order valence-corrected chi connectivity index (χ4v) is 4.32. The van der Waals surface area contributed by atoms with Crippen molar-refractivity contribution in [1.82, 2.24) is 4.90 Å². The average molecular weight is 465 g/mol. The SMILES string of the molecule is CCCCCN(C)CCC(O)(P(=O)(O)O)P(=O)(O)O.NCCCCC(N)C(=O)O. The van der Waals surface area contributed by atoms with Crippen LogP contribution in [0.2, 0.25) is 0 Å². The van der Waals surface area contributed by atoms with E-state index in [4.69, 9.17) is 36.1 Å². The van der Waals surface area contributed by atoms with Gasteiger partial charge in [0.2, 0.25) is 0 Å². The van der Waals surface area contributed by atoms with Crippen LogP contribution in [0.15, 0.2) is 0 Å². The van der Waals surface area contributed by atoms with E-state index in [2.05, 4.69) is 0 Å². The number of carboxylic acid groups (broad SMARTS) is 1. The largest absolute Gasteiger partial charge is 0.480 e. The standard InChI is InChI=1S/C9H23NO7P2.C6H14N2O2/c1-3-4-5-7-10(2)8-6-9(11,18(12,13)14)19(15,16)17;7-4-2-1-3-5(8)6(9)10/h11H,3-8H2,1-2H3,(H2,12,13,14)(H2,15,16,17);5H,1-4,7-8H2,(H,9,10). The van der Waals surface area contributed by atoms with E-state index < -0.39 is 38.7 Å². The molecule has 10 N–H and O–H groups in total. The molecule has 0 aromatic carbocycles. The molecule has 0 radical (unpaired) electrons. The average Bonchev–Trinajstić information content (AvgIpc) is 2.58. The zero-order valence-electron chi connectivity index (χ0n) is 17.1. The Morgan fingerprint density at radius 1 is 1.03 bits per heavy atom. The second kappa shape index (κ2) is 14.6. The van der Waals surface area contributed by atoms with Gasteiger partial charge in [-0.2, -0.15) is 0 Å². The molecule has 0 fully saturated rings. The highest BCUT2D eigenvalue weighted by molar-refractivity contribution is 7.72. The predicted molar refractivity (Wildman–Crippen MR) is 109 cm³/mol. The van der Waals surface area contributed by atoms with E-state index in [0.29, 0.717) is 19.5 Å². The van der Waals surface area contributed by atoms with Crippen LogP contribution in [0.5, 0.6) is 0 Å². The Balaban J connectivity index is 0. The van der Waals surface area contributed by atoms with Crippen molar-refractivity contribution in [1.29, 1.82) is 0 Å². The van der Waals surface area contributed by atoms with E-state index in [0.717, 1.165) is 32.1 Å². The third kappa shape index (κ3) is 12.8. The van der Waals surface area contributed by atoms with E-state index in [1.165, 1.54) is 0 Å². The van der Waals surface area contributed by atoms with Crippen LogP contribution < -0.4 is 11.5 Å². The number of hydrogen-bond acceptors (Lipinski definition) is 7. The molecule has 0 saturated heterocycles. The summed E-state index contributed by atoms with van der Waals surface area (Å²) >= 11 is 0. The summed E-state index contributed by atoms with van der Waals surface area (Å²) in [6, 6.07) is -0.716. The Labute approximate surface area is 171 Å². The molecule has 0 aliphatic heterocycles. The summed E-state index contributed by atoms with van der Waals surface area (Å²) in [5.74, 6) is -0.933. The van der Waals surface area contributed by atoms with E-state index in [1.807, 2.05) is 6.92 Å². The second-order valence-corrected chi connectivity index (χ2v) is 10.9. The van der Waals surface area contributed by atoms with Gasteiger partial charge in [-0.05, 0) is 39.4 Å². The summed E-state index contributed by atoms with van der Waals surface area (Å²) in [7, 11) is -9.00. The maximum atomic E-state index is 11.1. The van der Waals surface area contributed by atoms with Gasteiger partial charge in [-0.25, -0.2) is 0 Å². The molecule has 0 aliphatic carbocycles. The molecule has 0 saturated carbocycles. The first-order valence-corrected chi connectivity index (χ1v) is 12.6. The first kappa shape index (κ1) is 30.8. The zero-order chi connectivity index (χ0) is 23.3. The van der Waals surface area contributed by atoms with Crippen molar-refractivity contribution in [3.63, 3.8) is 0 Å². The molecular weight excluding hydrogens is 428 g/mol. The molecule has 14 heteroatoms. The number of nitrogens with zero attached hydrogens (tertiary/aromatic N) is 1. The van der Waals surface area contributed by atoms with E-state index >= 15 is 0 Å². The van der Waals surface area contributed by atoms with E-state index in [9.17, 15) is 19.0 Å². The predicted octanol–water partition coefficient (Wildman–Crippen LogP) is 0.0273. The Bertz CT molecular complexity index is 531. The Kier molecular flexibility index (Phi) is 15.5. The molecule has 0 aromatic heterocycles. The minimum absolute atomic E-state index is 0.0174. The summed E-state index contributed by atoms with van der Waals surface area (Å²) in [6.45, 7) is 3.25. The van der Waals surface area contributed by atoms with Gasteiger partial charge in [0, 0.05) is 13.0 Å². The number of carbonyl (C=O) groups is 1. The molecule has 0 amide bonds. The lowest BCUT2D eigenvalue weighted by Gasteiger charge is -2.30. The van der Waals surface area contributed by atoms with Crippen LogP contribution in [-0.2, 0) is 13.9 Å². The molecule has 1 atom stereocenters. The van der Waals surface area contributed by atoms with Crippen LogP contribution in [-0.4, -0.2) is 78.5 Å². The van der Waals surface area contributed by atoms with Crippen molar-refractivity contribution >= 4 is 21.2 Å². The normalized spacial score (nSPS) is 13.7. The van der Waals surface area contributed by atoms with E-state index in [-0.39, 0.29) is 6.54 Å². The quantitative estimate of drug-likeness (QED) is 0.125. The lowest BCUT2D eigenvalue weighted by Crippen LogP contribution is -2.34. The Hall–Kier alpha value is -0.390. The molecule has 12 nitrogen and oxygen atoms in total. The van der Waals surface area contributed by atoms with Gasteiger partial charge in [0.15, 0.2) is 0 Å². The summed E-state index contributed by atoms with van der Waals surface area (Å²) in [4.78, 5) is 47.6. The van der Waals surface area contributed by atoms with Crippen LogP contribution >= 0.6 is 15.2 Å². The molecule has 0 aliphatic rings. The Morgan fingerprint density at radius 3 is 1.93 bits per heavy atom. The monoisotopic (exact) mass is 465 g/mol. The van der Waals surface area contributed by atoms with Crippen molar-refractivity contribution in [3.05, 3.63) is 0 Å². The number of nitrogens with two attached hydrogens (primary N) is 2. The number of rotatable bonds is 14. The fourth-order valence-electron chi connectivity index (χ4n) is 2.18. The van der Waals surface area contributed by atoms with Crippen LogP contribution in [0.25, 0.3) is 0 Å². The molecule has 176 valence electrons. The number of aliphatic hydroxyl groups is 1. The minimum Gasteiger partial charge on any atom is -0.480 e. The molecule has 1 unspecified atom stereocenters. The highest BCUT2D eigenvalue weighted by Crippen LogP contribution is 2.68. The molecule has 0 bridgehead atoms. The van der Waals surface area contributed by atoms with Crippen LogP contribution in [0.4, 0.5) is 0 Å². The smallest absolute Gasteiger partial charge is 0.369 e. The lowest BCUT2D eigenvalue weighted by molar-refractivity contribution is -0.138. The number of hydrogen-bond donors (Lipinski definition) is 8. The molecule has 0 spiro atoms. The zero-order valence-corrected chi connectivity index (χ0v) is 18.8. The topological polar surface area (TPSA) is 228 Å². The van der Waals surface area contributed by atoms with Gasteiger partial charge in [0.1, 0.15) is 6.04 Å². The van der Waals surface area contributed by atoms with Crippen LogP contribution in [0.1, 0.15) is 51.9 Å². The molecule has 0 aromatic rings. The maximum absolute atomic E-state index is 11.1. The lowest BCUT2D eigenvalue weighted by atomic mass is 10.1. The highest BCUT2D eigenvalue weighted by atomic mass is 31.2. The molecular formula is C15H37N3O9P2. The summed E-state index contributed by atoms with van der Waals surface area (Å²) in [5.41, 5.74) is 10.4. The van der Waals surface area contributed by atoms with Gasteiger partial charge in [0.25, 0.3) is 5.08 Å². The van der Waals surface area contributed by atoms with Crippen molar-refractivity contribution in [3.8, 4) is 0 Å². The number of carboxylic acids is 1. The summed E-state index contributed by atoms with van der Waals surface area (Å²) in [5, 5.41) is 14.7. The van der Waals surface area contributed by atoms with Crippen LogP contribution in [0, 0.1) is 0 Å². The summed E-state index contributed by atoms with van der Waals surface area (Å²) in [6.07, 6.45) is 4.35. The first-order valence-electron chi connectivity index (χ1n) is 9.34. The maximum Gasteiger partial charge on any atom is 0.369 e. The minimum atomic E-state index is -5.33. The van der Waals surface area contributed by atoms with Gasteiger partial charge in [0.05, 0.1) is 0 Å². The molecule has 0 heterocycles. The Morgan fingerprint density at radius 2 is 1.55 bits per heavy atom. The fraction of sp³-hybridized carbons (Fsp3) is 0.933. The summed E-state index contributed by atoms with van der Waals surface area (Å²) < 4.78 is 22.2. The number of unbranched alkanes of at least 4 members (excludes halogenated alkanes) is 3. The molecule has 29 heavy (non-hydrogen) atoms. The van der Waals surface area contributed by atoms with Gasteiger partial charge in [-0.15, -0.1) is 0 Å². The van der Waals surface area contributed by atoms with E-state index in [1.54, 1.807) is 11.9 Å². The van der Waals surface area contributed by atoms with Crippen molar-refractivity contribution < 1.29 is 43.7 Å². The van der Waals surface area contributed by atoms with Crippen molar-refractivity contribution in [2.24, 2.45) is 11.5 Å². The van der Waals surface area contributed by atoms with Gasteiger partial charge in [-0.3, -0.25) is 13.9 Å². The van der Waals surface area contributed by atoms with Crippen molar-refractivity contribution in [2.45, 2.75) is 63.0 Å². The van der Waals surface area contributed by atoms with Gasteiger partial charge < -0.3 is 46.2 Å². The van der Waals surface area contributed by atoms with Crippen LogP contribution in [0.3, 0.4) is 0 Å². The van der Waals surface area contributed by atoms with Gasteiger partial charge in [-0.1, -0.05) is 26.2 Å². The number of aliphatic carboxylic acids is 1. The molecule has 0 rings (SSSR count). The first-order chi connectivity index (χ1) is 13.1. The third-order valence-corrected chi connectivity index (χ3v) is 8.07.